The van der Waals surface area contributed by atoms with Crippen LogP contribution < -0.4 is 10.1 Å². The molecule has 2 aromatic carbocycles. The molecule has 0 unspecified atom stereocenters. The second kappa shape index (κ2) is 10.1. The van der Waals surface area contributed by atoms with Crippen molar-refractivity contribution in [3.63, 3.8) is 0 Å². The number of ether oxygens (including phenoxy) is 1. The fourth-order valence-corrected chi connectivity index (χ4v) is 4.34. The number of amides is 1. The van der Waals surface area contributed by atoms with E-state index in [1.807, 2.05) is 49.4 Å². The Balaban J connectivity index is 1.79. The van der Waals surface area contributed by atoms with Crippen LogP contribution in [-0.2, 0) is 9.59 Å². The molecule has 0 radical (unpaired) electrons. The third kappa shape index (κ3) is 6.07. The normalized spacial score (nSPS) is 11.4. The van der Waals surface area contributed by atoms with Crippen LogP contribution in [0.15, 0.2) is 48.5 Å². The Labute approximate surface area is 176 Å². The summed E-state index contributed by atoms with van der Waals surface area (Å²) in [5.41, 5.74) is 1.78. The lowest BCUT2D eigenvalue weighted by molar-refractivity contribution is -0.133. The number of carbonyl (C=O) groups is 2. The number of nitrogens with one attached hydrogen (secondary N) is 1. The fraction of sp³-hybridized carbons (Fsp3) is 0.190. The summed E-state index contributed by atoms with van der Waals surface area (Å²) in [5, 5.41) is 12.5. The highest BCUT2D eigenvalue weighted by Gasteiger charge is 2.12. The van der Waals surface area contributed by atoms with Crippen molar-refractivity contribution in [1.82, 2.24) is 10.3 Å². The second-order valence-electron chi connectivity index (χ2n) is 5.99. The highest BCUT2D eigenvalue weighted by Crippen LogP contribution is 2.35. The van der Waals surface area contributed by atoms with Crippen LogP contribution in [0, 0.1) is 0 Å². The van der Waals surface area contributed by atoms with E-state index in [0.29, 0.717) is 12.3 Å². The van der Waals surface area contributed by atoms with Crippen molar-refractivity contribution in [2.45, 2.75) is 6.92 Å². The summed E-state index contributed by atoms with van der Waals surface area (Å²) in [6, 6.07) is 15.1. The molecule has 0 fully saturated rings. The van der Waals surface area contributed by atoms with E-state index < -0.39 is 5.97 Å². The minimum Gasteiger partial charge on any atom is -0.484 e. The van der Waals surface area contributed by atoms with Gasteiger partial charge in [-0.15, -0.1) is 23.1 Å². The van der Waals surface area contributed by atoms with E-state index >= 15 is 0 Å². The molecule has 0 saturated carbocycles. The number of hydrogen-bond acceptors (Lipinski definition) is 6. The zero-order valence-electron chi connectivity index (χ0n) is 15.8. The summed E-state index contributed by atoms with van der Waals surface area (Å²) in [5.74, 6) is -0.501. The number of thioether (sulfide) groups is 1. The third-order valence-corrected chi connectivity index (χ3v) is 5.99. The first kappa shape index (κ1) is 20.9. The van der Waals surface area contributed by atoms with Gasteiger partial charge in [-0.3, -0.25) is 9.59 Å². The Morgan fingerprint density at radius 2 is 1.97 bits per heavy atom. The van der Waals surface area contributed by atoms with Crippen LogP contribution in [0.1, 0.15) is 17.5 Å². The average molecular weight is 429 g/mol. The summed E-state index contributed by atoms with van der Waals surface area (Å²) in [6.45, 7) is 2.38. The predicted octanol–water partition coefficient (Wildman–Crippen LogP) is 4.13. The maximum atomic E-state index is 11.5. The molecule has 0 bridgehead atoms. The molecule has 1 heterocycles. The number of hydrogen-bond donors (Lipinski definition) is 2. The average Bonchev–Trinajstić information content (AvgIpc) is 3.14. The van der Waals surface area contributed by atoms with Crippen molar-refractivity contribution in [1.29, 1.82) is 0 Å². The summed E-state index contributed by atoms with van der Waals surface area (Å²) in [6.07, 6.45) is 1.92. The number of carboxylic acids is 1. The van der Waals surface area contributed by atoms with Gasteiger partial charge in [-0.2, -0.15) is 0 Å². The quantitative estimate of drug-likeness (QED) is 0.533. The van der Waals surface area contributed by atoms with Crippen LogP contribution in [0.2, 0.25) is 0 Å². The van der Waals surface area contributed by atoms with Gasteiger partial charge in [-0.1, -0.05) is 24.3 Å². The zero-order valence-corrected chi connectivity index (χ0v) is 17.4. The van der Waals surface area contributed by atoms with Gasteiger partial charge >= 0.3 is 5.97 Å². The smallest absolute Gasteiger partial charge is 0.313 e. The van der Waals surface area contributed by atoms with Crippen molar-refractivity contribution >= 4 is 56.2 Å². The van der Waals surface area contributed by atoms with Gasteiger partial charge in [-0.05, 0) is 42.8 Å². The molecule has 1 aromatic heterocycles. The van der Waals surface area contributed by atoms with Crippen molar-refractivity contribution in [2.75, 3.05) is 18.9 Å². The summed E-state index contributed by atoms with van der Waals surface area (Å²) in [4.78, 5) is 28.0. The lowest BCUT2D eigenvalue weighted by Gasteiger charge is -2.07. The van der Waals surface area contributed by atoms with Crippen LogP contribution in [0.5, 0.6) is 5.75 Å². The Hall–Kier alpha value is -2.84. The molecular weight excluding hydrogens is 408 g/mol. The van der Waals surface area contributed by atoms with E-state index in [1.54, 1.807) is 12.1 Å². The first-order chi connectivity index (χ1) is 14.0. The number of para-hydroxylation sites is 1. The molecule has 0 spiro atoms. The molecule has 6 nitrogen and oxygen atoms in total. The molecule has 0 saturated heterocycles. The molecule has 0 aliphatic heterocycles. The Morgan fingerprint density at radius 3 is 2.66 bits per heavy atom. The SMILES string of the molecule is CCNC(=O)COc1ccc(/C=C(/SCC(=O)O)c2nc3ccccc3s2)cc1. The number of carboxylic acid groups (broad SMARTS) is 1. The summed E-state index contributed by atoms with van der Waals surface area (Å²) in [7, 11) is 0. The van der Waals surface area contributed by atoms with Crippen molar-refractivity contribution in [2.24, 2.45) is 0 Å². The van der Waals surface area contributed by atoms with Crippen LogP contribution in [0.4, 0.5) is 0 Å². The number of benzene rings is 2. The van der Waals surface area contributed by atoms with Crippen molar-refractivity contribution in [3.05, 3.63) is 59.1 Å². The summed E-state index contributed by atoms with van der Waals surface area (Å²) >= 11 is 2.78. The standard InChI is InChI=1S/C21H20N2O4S2/c1-2-22-19(24)12-27-15-9-7-14(8-10-15)11-18(28-13-20(25)26)21-23-16-5-3-4-6-17(16)29-21/h3-11H,2,12-13H2,1H3,(H,22,24)(H,25,26)/b18-11+. The van der Waals surface area contributed by atoms with Crippen LogP contribution >= 0.6 is 23.1 Å². The van der Waals surface area contributed by atoms with Gasteiger partial charge in [0.15, 0.2) is 6.61 Å². The fourth-order valence-electron chi connectivity index (χ4n) is 2.49. The molecule has 150 valence electrons. The molecule has 29 heavy (non-hydrogen) atoms. The molecule has 3 rings (SSSR count). The largest absolute Gasteiger partial charge is 0.484 e. The monoisotopic (exact) mass is 428 g/mol. The Kier molecular flexibility index (Phi) is 7.26. The lowest BCUT2D eigenvalue weighted by Crippen LogP contribution is -2.28. The number of nitrogens with zero attached hydrogens (tertiary/aromatic N) is 1. The molecule has 0 aliphatic rings. The maximum Gasteiger partial charge on any atom is 0.313 e. The zero-order chi connectivity index (χ0) is 20.6. The van der Waals surface area contributed by atoms with E-state index in [1.165, 1.54) is 23.1 Å². The van der Waals surface area contributed by atoms with Gasteiger partial charge in [0.25, 0.3) is 5.91 Å². The molecule has 0 atom stereocenters. The predicted molar refractivity (Wildman–Crippen MR) is 118 cm³/mol. The first-order valence-corrected chi connectivity index (χ1v) is 10.8. The lowest BCUT2D eigenvalue weighted by atomic mass is 10.2. The van der Waals surface area contributed by atoms with Crippen LogP contribution in [-0.4, -0.2) is 40.9 Å². The minimum atomic E-state index is -0.879. The number of fused-ring (bicyclic) bond motifs is 1. The van der Waals surface area contributed by atoms with E-state index in [2.05, 4.69) is 10.3 Å². The molecule has 3 aromatic rings. The molecular formula is C21H20N2O4S2. The van der Waals surface area contributed by atoms with Crippen molar-refractivity contribution in [3.8, 4) is 5.75 Å². The number of carbonyl (C=O) groups excluding carboxylic acids is 1. The van der Waals surface area contributed by atoms with E-state index in [9.17, 15) is 9.59 Å². The van der Waals surface area contributed by atoms with E-state index in [0.717, 1.165) is 25.7 Å². The molecule has 0 aliphatic carbocycles. The number of likely N-dealkylation sites (N-methyl/N-ethyl adjacent to an activating group) is 1. The van der Waals surface area contributed by atoms with Gasteiger partial charge in [-0.25, -0.2) is 4.98 Å². The van der Waals surface area contributed by atoms with Crippen molar-refractivity contribution < 1.29 is 19.4 Å². The van der Waals surface area contributed by atoms with Gasteiger partial charge < -0.3 is 15.2 Å². The minimum absolute atomic E-state index is 0.0333. The van der Waals surface area contributed by atoms with Gasteiger partial charge in [0, 0.05) is 11.4 Å². The topological polar surface area (TPSA) is 88.5 Å². The van der Waals surface area contributed by atoms with Gasteiger partial charge in [0.05, 0.1) is 16.0 Å². The highest BCUT2D eigenvalue weighted by atomic mass is 32.2. The van der Waals surface area contributed by atoms with Gasteiger partial charge in [0.1, 0.15) is 10.8 Å². The number of aromatic nitrogens is 1. The molecule has 2 N–H and O–H groups in total. The number of thiazole rings is 1. The van der Waals surface area contributed by atoms with E-state index in [4.69, 9.17) is 9.84 Å². The highest BCUT2D eigenvalue weighted by molar-refractivity contribution is 8.09. The van der Waals surface area contributed by atoms with E-state index in [-0.39, 0.29) is 18.3 Å². The number of rotatable bonds is 9. The number of aliphatic carboxylic acids is 1. The summed E-state index contributed by atoms with van der Waals surface area (Å²) < 4.78 is 6.51. The van der Waals surface area contributed by atoms with Gasteiger partial charge in [0.2, 0.25) is 0 Å². The second-order valence-corrected chi connectivity index (χ2v) is 8.04. The van der Waals surface area contributed by atoms with Crippen LogP contribution in [0.25, 0.3) is 21.2 Å². The molecule has 8 heteroatoms. The van der Waals surface area contributed by atoms with Crippen LogP contribution in [0.3, 0.4) is 0 Å². The molecule has 1 amide bonds. The Bertz CT molecular complexity index is 996. The maximum absolute atomic E-state index is 11.5. The Morgan fingerprint density at radius 1 is 1.21 bits per heavy atom. The third-order valence-electron chi connectivity index (χ3n) is 3.78. The first-order valence-electron chi connectivity index (χ1n) is 8.97.